The van der Waals surface area contributed by atoms with Gasteiger partial charge in [0.25, 0.3) is 0 Å². The highest BCUT2D eigenvalue weighted by molar-refractivity contribution is 5.74. The van der Waals surface area contributed by atoms with Crippen LogP contribution in [0.5, 0.6) is 0 Å². The van der Waals surface area contributed by atoms with Gasteiger partial charge in [0.1, 0.15) is 0 Å². The Bertz CT molecular complexity index is 419. The van der Waals surface area contributed by atoms with Gasteiger partial charge < -0.3 is 10.2 Å². The topological polar surface area (TPSA) is 57.5 Å². The van der Waals surface area contributed by atoms with Crippen molar-refractivity contribution in [1.29, 1.82) is 0 Å². The third-order valence-electron chi connectivity index (χ3n) is 4.45. The van der Waals surface area contributed by atoms with E-state index in [4.69, 9.17) is 0 Å². The van der Waals surface area contributed by atoms with Crippen molar-refractivity contribution in [3.8, 4) is 0 Å². The van der Waals surface area contributed by atoms with E-state index < -0.39 is 17.5 Å². The fourth-order valence-electron chi connectivity index (χ4n) is 2.98. The molecule has 1 saturated carbocycles. The number of aliphatic hydroxyl groups is 1. The second kappa shape index (κ2) is 5.74. The van der Waals surface area contributed by atoms with Crippen LogP contribution in [-0.4, -0.2) is 16.2 Å². The van der Waals surface area contributed by atoms with E-state index in [2.05, 4.69) is 6.92 Å². The van der Waals surface area contributed by atoms with Gasteiger partial charge in [-0.3, -0.25) is 4.79 Å². The molecule has 1 aromatic carbocycles. The lowest BCUT2D eigenvalue weighted by atomic mass is 9.67. The summed E-state index contributed by atoms with van der Waals surface area (Å²) in [6.07, 6.45) is 2.85. The highest BCUT2D eigenvalue weighted by Crippen LogP contribution is 2.44. The lowest BCUT2D eigenvalue weighted by Crippen LogP contribution is -2.36. The molecule has 19 heavy (non-hydrogen) atoms. The molecule has 0 heterocycles. The minimum atomic E-state index is -0.755. The molecule has 1 aliphatic rings. The second-order valence-electron chi connectivity index (χ2n) is 5.90. The Hall–Kier alpha value is -1.35. The average molecular weight is 262 g/mol. The molecule has 2 N–H and O–H groups in total. The van der Waals surface area contributed by atoms with Crippen LogP contribution >= 0.6 is 0 Å². The van der Waals surface area contributed by atoms with Gasteiger partial charge in [-0.2, -0.15) is 0 Å². The van der Waals surface area contributed by atoms with E-state index in [1.165, 1.54) is 0 Å². The third kappa shape index (κ3) is 3.16. The first-order valence-electron chi connectivity index (χ1n) is 7.00. The van der Waals surface area contributed by atoms with Crippen molar-refractivity contribution in [3.05, 3.63) is 35.9 Å². The summed E-state index contributed by atoms with van der Waals surface area (Å²) >= 11 is 0. The number of hydrogen-bond acceptors (Lipinski definition) is 2. The van der Waals surface area contributed by atoms with Crippen molar-refractivity contribution in [2.75, 3.05) is 0 Å². The van der Waals surface area contributed by atoms with Crippen LogP contribution < -0.4 is 0 Å². The number of hydrogen-bond donors (Lipinski definition) is 2. The van der Waals surface area contributed by atoms with E-state index in [1.807, 2.05) is 30.3 Å². The van der Waals surface area contributed by atoms with E-state index >= 15 is 0 Å². The highest BCUT2D eigenvalue weighted by Gasteiger charge is 2.42. The molecule has 0 radical (unpaired) electrons. The predicted octanol–water partition coefficient (Wildman–Crippen LogP) is 3.39. The van der Waals surface area contributed by atoms with Crippen LogP contribution in [0.15, 0.2) is 30.3 Å². The van der Waals surface area contributed by atoms with Gasteiger partial charge in [-0.25, -0.2) is 0 Å². The SMILES string of the molecule is CC1CCC(CC(O)c2ccccc2)(C(=O)O)CC1. The maximum absolute atomic E-state index is 11.6. The summed E-state index contributed by atoms with van der Waals surface area (Å²) < 4.78 is 0. The van der Waals surface area contributed by atoms with Gasteiger partial charge in [-0.1, -0.05) is 37.3 Å². The largest absolute Gasteiger partial charge is 0.481 e. The number of rotatable bonds is 4. The van der Waals surface area contributed by atoms with E-state index in [1.54, 1.807) is 0 Å². The summed E-state index contributed by atoms with van der Waals surface area (Å²) in [7, 11) is 0. The van der Waals surface area contributed by atoms with Crippen LogP contribution in [0, 0.1) is 11.3 Å². The Morgan fingerprint density at radius 1 is 1.32 bits per heavy atom. The smallest absolute Gasteiger partial charge is 0.309 e. The number of aliphatic carboxylic acids is 1. The zero-order chi connectivity index (χ0) is 13.9. The van der Waals surface area contributed by atoms with Gasteiger partial charge in [-0.15, -0.1) is 0 Å². The second-order valence-corrected chi connectivity index (χ2v) is 5.90. The Morgan fingerprint density at radius 3 is 2.42 bits per heavy atom. The summed E-state index contributed by atoms with van der Waals surface area (Å²) in [6.45, 7) is 2.17. The van der Waals surface area contributed by atoms with Crippen LogP contribution in [0.4, 0.5) is 0 Å². The lowest BCUT2D eigenvalue weighted by molar-refractivity contribution is -0.154. The van der Waals surface area contributed by atoms with Crippen LogP contribution in [0.1, 0.15) is 50.7 Å². The van der Waals surface area contributed by atoms with E-state index in [0.717, 1.165) is 18.4 Å². The van der Waals surface area contributed by atoms with Gasteiger partial charge in [0, 0.05) is 0 Å². The minimum Gasteiger partial charge on any atom is -0.481 e. The van der Waals surface area contributed by atoms with E-state index in [-0.39, 0.29) is 0 Å². The first-order valence-corrected chi connectivity index (χ1v) is 7.00. The minimum absolute atomic E-state index is 0.319. The molecule has 0 spiro atoms. The zero-order valence-electron chi connectivity index (χ0n) is 11.4. The Balaban J connectivity index is 2.11. The molecule has 0 saturated heterocycles. The first kappa shape index (κ1) is 14.1. The monoisotopic (exact) mass is 262 g/mol. The molecule has 104 valence electrons. The molecular formula is C16H22O3. The zero-order valence-corrected chi connectivity index (χ0v) is 11.4. The molecule has 0 amide bonds. The third-order valence-corrected chi connectivity index (χ3v) is 4.45. The summed E-state index contributed by atoms with van der Waals surface area (Å²) in [5.41, 5.74) is 0.0589. The summed E-state index contributed by atoms with van der Waals surface area (Å²) in [6, 6.07) is 9.34. The van der Waals surface area contributed by atoms with Gasteiger partial charge in [0.2, 0.25) is 0 Å². The standard InChI is InChI=1S/C16H22O3/c1-12-7-9-16(10-8-12,15(18)19)11-14(17)13-5-3-2-4-6-13/h2-6,12,14,17H,7-11H2,1H3,(H,18,19). The Morgan fingerprint density at radius 2 is 1.89 bits per heavy atom. The van der Waals surface area contributed by atoms with Crippen molar-refractivity contribution in [3.63, 3.8) is 0 Å². The number of carbonyl (C=O) groups is 1. The normalized spacial score (nSPS) is 28.8. The Labute approximate surface area is 114 Å². The number of carboxylic acids is 1. The van der Waals surface area contributed by atoms with Gasteiger partial charge in [-0.05, 0) is 43.6 Å². The number of aliphatic hydroxyl groups excluding tert-OH is 1. The quantitative estimate of drug-likeness (QED) is 0.874. The number of carboxylic acid groups (broad SMARTS) is 1. The van der Waals surface area contributed by atoms with Crippen molar-refractivity contribution < 1.29 is 15.0 Å². The van der Waals surface area contributed by atoms with Crippen molar-refractivity contribution in [2.45, 2.75) is 45.1 Å². The van der Waals surface area contributed by atoms with Crippen LogP contribution in [0.3, 0.4) is 0 Å². The van der Waals surface area contributed by atoms with Gasteiger partial charge >= 0.3 is 5.97 Å². The first-order chi connectivity index (χ1) is 9.03. The molecule has 1 aromatic rings. The lowest BCUT2D eigenvalue weighted by Gasteiger charge is -2.37. The van der Waals surface area contributed by atoms with Gasteiger partial charge in [0.05, 0.1) is 11.5 Å². The molecule has 0 bridgehead atoms. The van der Waals surface area contributed by atoms with E-state index in [0.29, 0.717) is 25.2 Å². The summed E-state index contributed by atoms with van der Waals surface area (Å²) in [5, 5.41) is 19.8. The molecule has 0 aromatic heterocycles. The molecule has 1 aliphatic carbocycles. The molecule has 3 heteroatoms. The number of benzene rings is 1. The maximum Gasteiger partial charge on any atom is 0.309 e. The highest BCUT2D eigenvalue weighted by atomic mass is 16.4. The molecular weight excluding hydrogens is 240 g/mol. The van der Waals surface area contributed by atoms with Crippen LogP contribution in [-0.2, 0) is 4.79 Å². The molecule has 1 fully saturated rings. The molecule has 1 unspecified atom stereocenters. The fraction of sp³-hybridized carbons (Fsp3) is 0.562. The molecule has 2 rings (SSSR count). The Kier molecular flexibility index (Phi) is 4.25. The average Bonchev–Trinajstić information content (AvgIpc) is 2.42. The summed E-state index contributed by atoms with van der Waals surface area (Å²) in [5.74, 6) is -0.157. The fourth-order valence-corrected chi connectivity index (χ4v) is 2.98. The van der Waals surface area contributed by atoms with Crippen LogP contribution in [0.2, 0.25) is 0 Å². The summed E-state index contributed by atoms with van der Waals surface area (Å²) in [4.78, 5) is 11.6. The van der Waals surface area contributed by atoms with E-state index in [9.17, 15) is 15.0 Å². The molecule has 3 nitrogen and oxygen atoms in total. The van der Waals surface area contributed by atoms with Crippen molar-refractivity contribution in [1.82, 2.24) is 0 Å². The predicted molar refractivity (Wildman–Crippen MR) is 73.7 cm³/mol. The van der Waals surface area contributed by atoms with Crippen molar-refractivity contribution >= 4 is 5.97 Å². The molecule has 0 aliphatic heterocycles. The van der Waals surface area contributed by atoms with Crippen molar-refractivity contribution in [2.24, 2.45) is 11.3 Å². The van der Waals surface area contributed by atoms with Crippen LogP contribution in [0.25, 0.3) is 0 Å². The maximum atomic E-state index is 11.6. The molecule has 1 atom stereocenters. The van der Waals surface area contributed by atoms with Gasteiger partial charge in [0.15, 0.2) is 0 Å².